The van der Waals surface area contributed by atoms with Crippen molar-refractivity contribution in [2.45, 2.75) is 51.5 Å². The fourth-order valence-corrected chi connectivity index (χ4v) is 5.61. The van der Waals surface area contributed by atoms with Crippen LogP contribution in [0.4, 0.5) is 5.82 Å². The molecule has 0 bridgehead atoms. The van der Waals surface area contributed by atoms with Crippen molar-refractivity contribution >= 4 is 5.82 Å². The van der Waals surface area contributed by atoms with Crippen molar-refractivity contribution in [1.29, 1.82) is 0 Å². The van der Waals surface area contributed by atoms with Crippen LogP contribution in [-0.2, 0) is 11.8 Å². The molecule has 7 heteroatoms. The van der Waals surface area contributed by atoms with Crippen LogP contribution in [0.3, 0.4) is 0 Å². The van der Waals surface area contributed by atoms with Crippen LogP contribution in [0.15, 0.2) is 18.3 Å². The number of aromatic nitrogens is 4. The maximum atomic E-state index is 5.51. The molecular weight excluding hydrogens is 376 g/mol. The molecule has 0 unspecified atom stereocenters. The lowest BCUT2D eigenvalue weighted by Gasteiger charge is -2.52. The predicted octanol–water partition coefficient (Wildman–Crippen LogP) is 3.27. The van der Waals surface area contributed by atoms with Gasteiger partial charge in [0.2, 0.25) is 0 Å². The van der Waals surface area contributed by atoms with Gasteiger partial charge in [0.25, 0.3) is 0 Å². The maximum absolute atomic E-state index is 5.51. The van der Waals surface area contributed by atoms with Crippen molar-refractivity contribution in [3.05, 3.63) is 24.0 Å². The van der Waals surface area contributed by atoms with Gasteiger partial charge in [-0.3, -0.25) is 4.68 Å². The molecule has 3 aliphatic rings. The molecule has 1 N–H and O–H groups in total. The van der Waals surface area contributed by atoms with Crippen LogP contribution in [0.1, 0.15) is 44.2 Å². The summed E-state index contributed by atoms with van der Waals surface area (Å²) < 4.78 is 7.33. The molecule has 3 fully saturated rings. The first-order chi connectivity index (χ1) is 14.6. The first-order valence-corrected chi connectivity index (χ1v) is 11.5. The van der Waals surface area contributed by atoms with Crippen molar-refractivity contribution in [3.8, 4) is 11.3 Å². The molecule has 1 saturated carbocycles. The number of ether oxygens (including phenoxy) is 1. The molecule has 2 saturated heterocycles. The third kappa shape index (κ3) is 4.23. The molecule has 0 radical (unpaired) electrons. The van der Waals surface area contributed by atoms with Crippen LogP contribution < -0.4 is 5.32 Å². The number of rotatable bonds is 5. The Labute approximate surface area is 179 Å². The van der Waals surface area contributed by atoms with Gasteiger partial charge in [0.15, 0.2) is 0 Å². The zero-order chi connectivity index (χ0) is 20.6. The number of hydrogen-bond donors (Lipinski definition) is 1. The smallest absolute Gasteiger partial charge is 0.148 e. The van der Waals surface area contributed by atoms with Crippen LogP contribution in [0.5, 0.6) is 0 Å². The highest BCUT2D eigenvalue weighted by Crippen LogP contribution is 2.50. The van der Waals surface area contributed by atoms with Crippen LogP contribution in [0.2, 0.25) is 0 Å². The molecule has 4 heterocycles. The van der Waals surface area contributed by atoms with E-state index in [0.717, 1.165) is 41.9 Å². The van der Waals surface area contributed by atoms with Gasteiger partial charge < -0.3 is 15.0 Å². The second-order valence-electron chi connectivity index (χ2n) is 9.71. The van der Waals surface area contributed by atoms with Gasteiger partial charge in [0, 0.05) is 44.6 Å². The maximum Gasteiger partial charge on any atom is 0.148 e. The van der Waals surface area contributed by atoms with E-state index in [1.54, 1.807) is 0 Å². The number of nitrogens with zero attached hydrogens (tertiary/aromatic N) is 5. The zero-order valence-corrected chi connectivity index (χ0v) is 18.3. The summed E-state index contributed by atoms with van der Waals surface area (Å²) in [5, 5.41) is 16.8. The molecule has 30 heavy (non-hydrogen) atoms. The normalized spacial score (nSPS) is 22.9. The van der Waals surface area contributed by atoms with Crippen LogP contribution in [0.25, 0.3) is 11.3 Å². The number of piperidine rings is 1. The first kappa shape index (κ1) is 19.9. The van der Waals surface area contributed by atoms with Crippen LogP contribution in [0, 0.1) is 18.3 Å². The Bertz CT molecular complexity index is 841. The molecule has 2 aromatic heterocycles. The largest absolute Gasteiger partial charge is 0.381 e. The molecule has 162 valence electrons. The van der Waals surface area contributed by atoms with E-state index in [9.17, 15) is 0 Å². The Hall–Kier alpha value is -1.99. The van der Waals surface area contributed by atoms with Gasteiger partial charge in [-0.15, -0.1) is 10.2 Å². The minimum Gasteiger partial charge on any atom is -0.381 e. The predicted molar refractivity (Wildman–Crippen MR) is 117 cm³/mol. The lowest BCUT2D eigenvalue weighted by Crippen LogP contribution is -2.52. The summed E-state index contributed by atoms with van der Waals surface area (Å²) in [5.41, 5.74) is 3.47. The van der Waals surface area contributed by atoms with Crippen molar-refractivity contribution in [2.24, 2.45) is 18.4 Å². The zero-order valence-electron chi connectivity index (χ0n) is 18.3. The van der Waals surface area contributed by atoms with Crippen molar-refractivity contribution < 1.29 is 4.74 Å². The van der Waals surface area contributed by atoms with E-state index in [0.29, 0.717) is 11.5 Å². The van der Waals surface area contributed by atoms with Gasteiger partial charge in [0.1, 0.15) is 5.82 Å². The van der Waals surface area contributed by atoms with E-state index < -0.39 is 0 Å². The molecular formula is C23H34N6O. The number of anilines is 1. The first-order valence-electron chi connectivity index (χ1n) is 11.5. The fraction of sp³-hybridized carbons (Fsp3) is 0.696. The van der Waals surface area contributed by atoms with E-state index in [-0.39, 0.29) is 0 Å². The van der Waals surface area contributed by atoms with E-state index in [4.69, 9.17) is 4.74 Å². The van der Waals surface area contributed by atoms with E-state index in [2.05, 4.69) is 31.6 Å². The van der Waals surface area contributed by atoms with Gasteiger partial charge in [-0.1, -0.05) is 0 Å². The van der Waals surface area contributed by atoms with Gasteiger partial charge in [0.05, 0.1) is 11.4 Å². The van der Waals surface area contributed by atoms with Gasteiger partial charge in [-0.2, -0.15) is 5.10 Å². The van der Waals surface area contributed by atoms with Gasteiger partial charge in [-0.05, 0) is 82.0 Å². The Morgan fingerprint density at radius 1 is 1.13 bits per heavy atom. The minimum absolute atomic E-state index is 0.535. The number of likely N-dealkylation sites (tertiary alicyclic amines) is 1. The standard InChI is InChI=1S/C23H34N6O/c1-17-20(16-28(2)27-17)21-3-4-22(26-25-21)24-19-13-23(14-19)7-9-29(10-8-23)15-18-5-11-30-12-6-18/h3-4,16,18-19H,5-15H2,1-2H3,(H,24,26). The van der Waals surface area contributed by atoms with Crippen molar-refractivity contribution in [3.63, 3.8) is 0 Å². The second kappa shape index (κ2) is 8.27. The van der Waals surface area contributed by atoms with Crippen LogP contribution in [-0.4, -0.2) is 63.8 Å². The molecule has 2 aliphatic heterocycles. The number of hydrogen-bond acceptors (Lipinski definition) is 6. The summed E-state index contributed by atoms with van der Waals surface area (Å²) >= 11 is 0. The number of nitrogens with one attached hydrogen (secondary N) is 1. The quantitative estimate of drug-likeness (QED) is 0.816. The summed E-state index contributed by atoms with van der Waals surface area (Å²) in [6.07, 6.45) is 9.71. The molecule has 2 aromatic rings. The summed E-state index contributed by atoms with van der Waals surface area (Å²) in [6.45, 7) is 7.74. The van der Waals surface area contributed by atoms with Crippen LogP contribution >= 0.6 is 0 Å². The highest BCUT2D eigenvalue weighted by atomic mass is 16.5. The van der Waals surface area contributed by atoms with Gasteiger partial charge >= 0.3 is 0 Å². The monoisotopic (exact) mass is 410 g/mol. The SMILES string of the molecule is Cc1nn(C)cc1-c1ccc(NC2CC3(CCN(CC4CCOCC4)CC3)C2)nn1. The van der Waals surface area contributed by atoms with Crippen molar-refractivity contribution in [1.82, 2.24) is 24.9 Å². The fourth-order valence-electron chi connectivity index (χ4n) is 5.61. The Kier molecular flexibility index (Phi) is 5.50. The van der Waals surface area contributed by atoms with Gasteiger partial charge in [-0.25, -0.2) is 0 Å². The average molecular weight is 411 g/mol. The molecule has 0 amide bonds. The summed E-state index contributed by atoms with van der Waals surface area (Å²) in [6, 6.07) is 4.63. The average Bonchev–Trinajstić information content (AvgIpc) is 3.08. The highest BCUT2D eigenvalue weighted by molar-refractivity contribution is 5.61. The molecule has 1 spiro atoms. The van der Waals surface area contributed by atoms with E-state index in [1.807, 2.05) is 30.9 Å². The lowest BCUT2D eigenvalue weighted by molar-refractivity contribution is 0.00457. The Balaban J connectivity index is 1.09. The number of aryl methyl sites for hydroxylation is 2. The molecule has 5 rings (SSSR count). The highest BCUT2D eigenvalue weighted by Gasteiger charge is 2.46. The second-order valence-corrected chi connectivity index (χ2v) is 9.71. The third-order valence-electron chi connectivity index (χ3n) is 7.44. The van der Waals surface area contributed by atoms with E-state index in [1.165, 1.54) is 58.2 Å². The lowest BCUT2D eigenvalue weighted by atomic mass is 9.60. The molecule has 0 aromatic carbocycles. The molecule has 0 atom stereocenters. The summed E-state index contributed by atoms with van der Waals surface area (Å²) in [7, 11) is 1.93. The Morgan fingerprint density at radius 2 is 1.90 bits per heavy atom. The van der Waals surface area contributed by atoms with Crippen molar-refractivity contribution in [2.75, 3.05) is 38.2 Å². The summed E-state index contributed by atoms with van der Waals surface area (Å²) in [4.78, 5) is 2.70. The molecule has 7 nitrogen and oxygen atoms in total. The minimum atomic E-state index is 0.535. The van der Waals surface area contributed by atoms with E-state index >= 15 is 0 Å². The molecule has 1 aliphatic carbocycles. The Morgan fingerprint density at radius 3 is 2.53 bits per heavy atom. The third-order valence-corrected chi connectivity index (χ3v) is 7.44. The topological polar surface area (TPSA) is 68.1 Å². The summed E-state index contributed by atoms with van der Waals surface area (Å²) in [5.74, 6) is 1.73.